The van der Waals surface area contributed by atoms with Gasteiger partial charge in [0.15, 0.2) is 0 Å². The molecule has 122 valence electrons. The van der Waals surface area contributed by atoms with Gasteiger partial charge in [0.2, 0.25) is 5.91 Å². The molecule has 0 aliphatic heterocycles. The molecule has 21 heavy (non-hydrogen) atoms. The zero-order chi connectivity index (χ0) is 15.1. The van der Waals surface area contributed by atoms with Crippen LogP contribution in [0.2, 0.25) is 0 Å². The van der Waals surface area contributed by atoms with Crippen molar-refractivity contribution in [3.05, 3.63) is 0 Å². The quantitative estimate of drug-likeness (QED) is 0.829. The van der Waals surface area contributed by atoms with Gasteiger partial charge in [-0.1, -0.05) is 45.4 Å². The third-order valence-electron chi connectivity index (χ3n) is 5.68. The van der Waals surface area contributed by atoms with Crippen molar-refractivity contribution in [1.82, 2.24) is 5.32 Å². The molecule has 2 N–H and O–H groups in total. The van der Waals surface area contributed by atoms with Gasteiger partial charge in [0.1, 0.15) is 0 Å². The van der Waals surface area contributed by atoms with Gasteiger partial charge in [0, 0.05) is 12.5 Å². The minimum atomic E-state index is -0.650. The molecule has 0 unspecified atom stereocenters. The van der Waals surface area contributed by atoms with Crippen LogP contribution in [0.3, 0.4) is 0 Å². The molecule has 3 nitrogen and oxygen atoms in total. The Morgan fingerprint density at radius 3 is 2.19 bits per heavy atom. The molecule has 0 saturated heterocycles. The lowest BCUT2D eigenvalue weighted by Crippen LogP contribution is -2.46. The van der Waals surface area contributed by atoms with Crippen LogP contribution in [0.15, 0.2) is 0 Å². The van der Waals surface area contributed by atoms with E-state index in [1.165, 1.54) is 38.5 Å². The van der Waals surface area contributed by atoms with Gasteiger partial charge in [0.05, 0.1) is 5.60 Å². The Morgan fingerprint density at radius 1 is 1.05 bits per heavy atom. The van der Waals surface area contributed by atoms with Gasteiger partial charge in [0.25, 0.3) is 0 Å². The van der Waals surface area contributed by atoms with E-state index in [1.54, 1.807) is 0 Å². The Hall–Kier alpha value is -0.570. The third kappa shape index (κ3) is 5.28. The number of carbonyl (C=O) groups is 1. The van der Waals surface area contributed by atoms with Gasteiger partial charge in [-0.15, -0.1) is 0 Å². The maximum atomic E-state index is 12.3. The lowest BCUT2D eigenvalue weighted by molar-refractivity contribution is -0.127. The number of hydrogen-bond acceptors (Lipinski definition) is 2. The monoisotopic (exact) mass is 295 g/mol. The summed E-state index contributed by atoms with van der Waals surface area (Å²) in [5.74, 6) is 1.13. The second-order valence-corrected chi connectivity index (χ2v) is 7.34. The van der Waals surface area contributed by atoms with E-state index in [4.69, 9.17) is 0 Å². The van der Waals surface area contributed by atoms with Crippen LogP contribution in [-0.4, -0.2) is 23.2 Å². The van der Waals surface area contributed by atoms with Crippen LogP contribution in [0.5, 0.6) is 0 Å². The maximum absolute atomic E-state index is 12.3. The zero-order valence-electron chi connectivity index (χ0n) is 13.7. The van der Waals surface area contributed by atoms with Crippen LogP contribution < -0.4 is 5.32 Å². The number of carbonyl (C=O) groups excluding carboxylic acids is 1. The van der Waals surface area contributed by atoms with E-state index in [9.17, 15) is 9.90 Å². The second-order valence-electron chi connectivity index (χ2n) is 7.34. The van der Waals surface area contributed by atoms with Crippen molar-refractivity contribution < 1.29 is 9.90 Å². The van der Waals surface area contributed by atoms with Crippen LogP contribution in [-0.2, 0) is 4.79 Å². The summed E-state index contributed by atoms with van der Waals surface area (Å²) in [5.41, 5.74) is -0.650. The average molecular weight is 295 g/mol. The van der Waals surface area contributed by atoms with E-state index in [0.29, 0.717) is 6.54 Å². The van der Waals surface area contributed by atoms with Gasteiger partial charge < -0.3 is 10.4 Å². The van der Waals surface area contributed by atoms with E-state index in [0.717, 1.165) is 44.4 Å². The first kappa shape index (κ1) is 16.8. The number of nitrogens with one attached hydrogen (secondary N) is 1. The molecule has 2 aliphatic carbocycles. The summed E-state index contributed by atoms with van der Waals surface area (Å²) in [6.07, 6.45) is 13.4. The first-order valence-corrected chi connectivity index (χ1v) is 9.13. The minimum absolute atomic E-state index is 0.181. The largest absolute Gasteiger partial charge is 0.388 e. The van der Waals surface area contributed by atoms with E-state index in [-0.39, 0.29) is 11.8 Å². The fourth-order valence-corrected chi connectivity index (χ4v) is 3.91. The van der Waals surface area contributed by atoms with Crippen molar-refractivity contribution in [2.24, 2.45) is 11.8 Å². The predicted octanol–water partition coefficient (Wildman–Crippen LogP) is 3.79. The Kier molecular flexibility index (Phi) is 6.53. The summed E-state index contributed by atoms with van der Waals surface area (Å²) >= 11 is 0. The lowest BCUT2D eigenvalue weighted by Gasteiger charge is -2.36. The highest BCUT2D eigenvalue weighted by molar-refractivity contribution is 5.78. The summed E-state index contributed by atoms with van der Waals surface area (Å²) in [7, 11) is 0. The molecular weight excluding hydrogens is 262 g/mol. The van der Waals surface area contributed by atoms with Gasteiger partial charge in [-0.3, -0.25) is 4.79 Å². The van der Waals surface area contributed by atoms with Crippen molar-refractivity contribution in [3.8, 4) is 0 Å². The predicted molar refractivity (Wildman–Crippen MR) is 86.0 cm³/mol. The van der Waals surface area contributed by atoms with E-state index in [2.05, 4.69) is 12.2 Å². The highest BCUT2D eigenvalue weighted by Gasteiger charge is 2.33. The highest BCUT2D eigenvalue weighted by atomic mass is 16.3. The average Bonchev–Trinajstić information content (AvgIpc) is 2.45. The van der Waals surface area contributed by atoms with Crippen LogP contribution in [0.4, 0.5) is 0 Å². The number of amides is 1. The third-order valence-corrected chi connectivity index (χ3v) is 5.68. The van der Waals surface area contributed by atoms with Gasteiger partial charge in [-0.25, -0.2) is 0 Å². The Bertz CT molecular complexity index is 313. The van der Waals surface area contributed by atoms with Gasteiger partial charge >= 0.3 is 0 Å². The topological polar surface area (TPSA) is 49.3 Å². The minimum Gasteiger partial charge on any atom is -0.388 e. The molecule has 0 heterocycles. The molecule has 0 spiro atoms. The Labute approximate surface area is 129 Å². The molecule has 2 aliphatic rings. The molecule has 0 radical (unpaired) electrons. The van der Waals surface area contributed by atoms with Crippen LogP contribution in [0.25, 0.3) is 0 Å². The zero-order valence-corrected chi connectivity index (χ0v) is 13.7. The van der Waals surface area contributed by atoms with Gasteiger partial charge in [-0.05, 0) is 44.4 Å². The van der Waals surface area contributed by atoms with E-state index in [1.807, 2.05) is 0 Å². The summed E-state index contributed by atoms with van der Waals surface area (Å²) < 4.78 is 0. The van der Waals surface area contributed by atoms with Crippen LogP contribution in [0.1, 0.15) is 84.0 Å². The highest BCUT2D eigenvalue weighted by Crippen LogP contribution is 2.33. The summed E-state index contributed by atoms with van der Waals surface area (Å²) in [4.78, 5) is 12.3. The standard InChI is InChI=1S/C18H33NO2/c1-2-15-10-12-18(21,13-11-15)14-19-17(20)16-8-6-4-3-5-7-9-16/h15-16,21H,2-14H2,1H3,(H,19,20). The molecule has 0 aromatic heterocycles. The normalized spacial score (nSPS) is 32.2. The van der Waals surface area contributed by atoms with E-state index >= 15 is 0 Å². The molecule has 3 heteroatoms. The summed E-state index contributed by atoms with van der Waals surface area (Å²) in [5, 5.41) is 13.7. The Balaban J connectivity index is 1.74. The summed E-state index contributed by atoms with van der Waals surface area (Å²) in [6.45, 7) is 2.68. The van der Waals surface area contributed by atoms with Crippen molar-refractivity contribution >= 4 is 5.91 Å². The molecule has 0 bridgehead atoms. The molecule has 2 saturated carbocycles. The van der Waals surface area contributed by atoms with Gasteiger partial charge in [-0.2, -0.15) is 0 Å². The number of aliphatic hydroxyl groups is 1. The fourth-order valence-electron chi connectivity index (χ4n) is 3.91. The maximum Gasteiger partial charge on any atom is 0.223 e. The molecular formula is C18H33NO2. The molecule has 2 rings (SSSR count). The van der Waals surface area contributed by atoms with Crippen LogP contribution >= 0.6 is 0 Å². The van der Waals surface area contributed by atoms with Crippen LogP contribution in [0, 0.1) is 11.8 Å². The molecule has 1 amide bonds. The SMILES string of the molecule is CCC1CCC(O)(CNC(=O)C2CCCCCCC2)CC1. The molecule has 0 aromatic carbocycles. The lowest BCUT2D eigenvalue weighted by atomic mass is 9.77. The first-order chi connectivity index (χ1) is 10.1. The van der Waals surface area contributed by atoms with E-state index < -0.39 is 5.60 Å². The summed E-state index contributed by atoms with van der Waals surface area (Å²) in [6, 6.07) is 0. The fraction of sp³-hybridized carbons (Fsp3) is 0.944. The molecule has 0 aromatic rings. The number of hydrogen-bond donors (Lipinski definition) is 2. The Morgan fingerprint density at radius 2 is 1.62 bits per heavy atom. The second kappa shape index (κ2) is 8.17. The first-order valence-electron chi connectivity index (χ1n) is 9.13. The molecule has 2 fully saturated rings. The van der Waals surface area contributed by atoms with Crippen molar-refractivity contribution in [2.75, 3.05) is 6.54 Å². The number of rotatable bonds is 4. The smallest absolute Gasteiger partial charge is 0.223 e. The van der Waals surface area contributed by atoms with Crippen molar-refractivity contribution in [3.63, 3.8) is 0 Å². The van der Waals surface area contributed by atoms with Crippen molar-refractivity contribution in [1.29, 1.82) is 0 Å². The van der Waals surface area contributed by atoms with Crippen molar-refractivity contribution in [2.45, 2.75) is 89.6 Å². The molecule has 0 atom stereocenters.